The highest BCUT2D eigenvalue weighted by molar-refractivity contribution is 4.66. The van der Waals surface area contributed by atoms with Gasteiger partial charge in [0.1, 0.15) is 12.3 Å². The van der Waals surface area contributed by atoms with E-state index < -0.39 is 25.0 Å². The topological polar surface area (TPSA) is 93.0 Å². The minimum absolute atomic E-state index is 0.375. The van der Waals surface area contributed by atoms with Gasteiger partial charge in [0, 0.05) is 0 Å². The van der Waals surface area contributed by atoms with Gasteiger partial charge < -0.3 is 20.4 Å². The second-order valence-corrected chi connectivity index (χ2v) is 3.05. The average molecular weight is 193 g/mol. The van der Waals surface area contributed by atoms with Crippen LogP contribution in [0.3, 0.4) is 0 Å². The van der Waals surface area contributed by atoms with Crippen molar-refractivity contribution in [2.75, 3.05) is 13.7 Å². The summed E-state index contributed by atoms with van der Waals surface area (Å²) in [5, 5.41) is 38.4. The Morgan fingerprint density at radius 3 is 2.15 bits per heavy atom. The van der Waals surface area contributed by atoms with Crippen LogP contribution >= 0.6 is 0 Å². The van der Waals surface area contributed by atoms with Crippen molar-refractivity contribution in [3.05, 3.63) is 0 Å². The fraction of sp³-hybridized carbons (Fsp3) is 1.00. The van der Waals surface area contributed by atoms with E-state index in [1.807, 2.05) is 0 Å². The average Bonchev–Trinajstić information content (AvgIpc) is 2.15. The van der Waals surface area contributed by atoms with Gasteiger partial charge in [0.2, 0.25) is 0 Å². The first-order valence-corrected chi connectivity index (χ1v) is 4.44. The molecule has 0 heterocycles. The first-order valence-electron chi connectivity index (χ1n) is 4.44. The smallest absolute Gasteiger partial charge is 0.104 e. The molecule has 0 radical (unpaired) electrons. The molecule has 0 saturated carbocycles. The maximum absolute atomic E-state index is 9.19. The van der Waals surface area contributed by atoms with E-state index in [0.717, 1.165) is 0 Å². The summed E-state index contributed by atoms with van der Waals surface area (Å²) in [5.41, 5.74) is 0. The molecule has 0 amide bonds. The van der Waals surface area contributed by atoms with Gasteiger partial charge in [-0.15, -0.1) is 0 Å². The maximum atomic E-state index is 9.19. The van der Waals surface area contributed by atoms with E-state index in [2.05, 4.69) is 5.32 Å². The number of rotatable bonds is 7. The Morgan fingerprint density at radius 1 is 1.08 bits per heavy atom. The Hall–Kier alpha value is -0.200. The normalized spacial score (nSPS) is 18.2. The van der Waals surface area contributed by atoms with Gasteiger partial charge in [0.15, 0.2) is 0 Å². The fourth-order valence-electron chi connectivity index (χ4n) is 0.979. The van der Waals surface area contributed by atoms with Gasteiger partial charge in [-0.05, 0) is 26.3 Å². The van der Waals surface area contributed by atoms with Crippen LogP contribution in [-0.4, -0.2) is 52.5 Å². The SMILES string of the molecule is CNC(O)CCCC(O)C(O)CO. The molecule has 13 heavy (non-hydrogen) atoms. The molecule has 0 aromatic rings. The molecule has 0 aromatic heterocycles. The number of hydrogen-bond donors (Lipinski definition) is 5. The van der Waals surface area contributed by atoms with Crippen molar-refractivity contribution in [2.24, 2.45) is 0 Å². The highest BCUT2D eigenvalue weighted by Crippen LogP contribution is 2.05. The predicted molar refractivity (Wildman–Crippen MR) is 48.0 cm³/mol. The molecule has 0 fully saturated rings. The lowest BCUT2D eigenvalue weighted by Gasteiger charge is -2.16. The Bertz CT molecular complexity index is 123. The molecule has 0 aromatic carbocycles. The van der Waals surface area contributed by atoms with E-state index in [1.165, 1.54) is 0 Å². The molecule has 0 aliphatic heterocycles. The van der Waals surface area contributed by atoms with Crippen LogP contribution in [0.4, 0.5) is 0 Å². The quantitative estimate of drug-likeness (QED) is 0.314. The molecular formula is C8H19NO4. The predicted octanol–water partition coefficient (Wildman–Crippen LogP) is -1.59. The Morgan fingerprint density at radius 2 is 1.69 bits per heavy atom. The molecule has 0 aliphatic rings. The third-order valence-corrected chi connectivity index (χ3v) is 1.94. The number of aliphatic hydroxyl groups is 4. The Balaban J connectivity index is 3.41. The van der Waals surface area contributed by atoms with E-state index in [0.29, 0.717) is 19.3 Å². The van der Waals surface area contributed by atoms with Crippen LogP contribution in [0.15, 0.2) is 0 Å². The lowest BCUT2D eigenvalue weighted by Crippen LogP contribution is -2.30. The Labute approximate surface area is 78.0 Å². The Kier molecular flexibility index (Phi) is 7.12. The molecular weight excluding hydrogens is 174 g/mol. The molecule has 0 bridgehead atoms. The molecule has 3 atom stereocenters. The molecule has 0 saturated heterocycles. The molecule has 0 rings (SSSR count). The van der Waals surface area contributed by atoms with Crippen LogP contribution in [0, 0.1) is 0 Å². The van der Waals surface area contributed by atoms with Crippen LogP contribution in [-0.2, 0) is 0 Å². The molecule has 0 aliphatic carbocycles. The molecule has 5 N–H and O–H groups in total. The lowest BCUT2D eigenvalue weighted by molar-refractivity contribution is -0.0200. The number of aliphatic hydroxyl groups excluding tert-OH is 4. The molecule has 5 nitrogen and oxygen atoms in total. The standard InChI is InChI=1S/C8H19NO4/c1-9-8(13)4-2-3-6(11)7(12)5-10/h6-13H,2-5H2,1H3. The third-order valence-electron chi connectivity index (χ3n) is 1.94. The number of nitrogens with one attached hydrogen (secondary N) is 1. The van der Waals surface area contributed by atoms with Gasteiger partial charge in [0.25, 0.3) is 0 Å². The summed E-state index contributed by atoms with van der Waals surface area (Å²) in [7, 11) is 1.64. The second-order valence-electron chi connectivity index (χ2n) is 3.05. The van der Waals surface area contributed by atoms with Gasteiger partial charge in [-0.25, -0.2) is 0 Å². The van der Waals surface area contributed by atoms with Crippen LogP contribution in [0.25, 0.3) is 0 Å². The minimum atomic E-state index is -1.08. The summed E-state index contributed by atoms with van der Waals surface area (Å²) in [6, 6.07) is 0. The van der Waals surface area contributed by atoms with Gasteiger partial charge in [-0.1, -0.05) is 0 Å². The van der Waals surface area contributed by atoms with E-state index in [4.69, 9.17) is 15.3 Å². The summed E-state index contributed by atoms with van der Waals surface area (Å²) in [6.07, 6.45) is -1.06. The van der Waals surface area contributed by atoms with Crippen LogP contribution in [0.5, 0.6) is 0 Å². The largest absolute Gasteiger partial charge is 0.394 e. The summed E-state index contributed by atoms with van der Waals surface area (Å²) in [6.45, 7) is -0.435. The highest BCUT2D eigenvalue weighted by atomic mass is 16.4. The lowest BCUT2D eigenvalue weighted by atomic mass is 10.1. The molecule has 5 heteroatoms. The van der Waals surface area contributed by atoms with Crippen molar-refractivity contribution in [1.29, 1.82) is 0 Å². The summed E-state index contributed by atoms with van der Waals surface area (Å²) >= 11 is 0. The van der Waals surface area contributed by atoms with Gasteiger partial charge in [0.05, 0.1) is 12.7 Å². The van der Waals surface area contributed by atoms with Crippen LogP contribution < -0.4 is 5.32 Å². The minimum Gasteiger partial charge on any atom is -0.394 e. The first-order chi connectivity index (χ1) is 6.11. The van der Waals surface area contributed by atoms with Gasteiger partial charge >= 0.3 is 0 Å². The summed E-state index contributed by atoms with van der Waals surface area (Å²) < 4.78 is 0. The number of hydrogen-bond acceptors (Lipinski definition) is 5. The molecule has 0 spiro atoms. The first kappa shape index (κ1) is 12.8. The van der Waals surface area contributed by atoms with Crippen LogP contribution in [0.2, 0.25) is 0 Å². The maximum Gasteiger partial charge on any atom is 0.104 e. The van der Waals surface area contributed by atoms with Crippen molar-refractivity contribution in [3.8, 4) is 0 Å². The summed E-state index contributed by atoms with van der Waals surface area (Å²) in [4.78, 5) is 0. The fourth-order valence-corrected chi connectivity index (χ4v) is 0.979. The van der Waals surface area contributed by atoms with Gasteiger partial charge in [-0.2, -0.15) is 0 Å². The van der Waals surface area contributed by atoms with Gasteiger partial charge in [-0.3, -0.25) is 5.32 Å². The zero-order valence-corrected chi connectivity index (χ0v) is 7.85. The summed E-state index contributed by atoms with van der Waals surface area (Å²) in [5.74, 6) is 0. The molecule has 3 unspecified atom stereocenters. The van der Waals surface area contributed by atoms with Crippen molar-refractivity contribution in [2.45, 2.75) is 37.7 Å². The second kappa shape index (κ2) is 7.23. The monoisotopic (exact) mass is 193 g/mol. The zero-order chi connectivity index (χ0) is 10.3. The zero-order valence-electron chi connectivity index (χ0n) is 7.85. The van der Waals surface area contributed by atoms with E-state index in [-0.39, 0.29) is 0 Å². The highest BCUT2D eigenvalue weighted by Gasteiger charge is 2.14. The van der Waals surface area contributed by atoms with Crippen molar-refractivity contribution in [3.63, 3.8) is 0 Å². The van der Waals surface area contributed by atoms with Crippen molar-refractivity contribution in [1.82, 2.24) is 5.32 Å². The van der Waals surface area contributed by atoms with E-state index in [9.17, 15) is 5.11 Å². The van der Waals surface area contributed by atoms with E-state index >= 15 is 0 Å². The van der Waals surface area contributed by atoms with Crippen molar-refractivity contribution >= 4 is 0 Å². The third kappa shape index (κ3) is 5.95. The molecule has 80 valence electrons. The van der Waals surface area contributed by atoms with Crippen LogP contribution in [0.1, 0.15) is 19.3 Å². The van der Waals surface area contributed by atoms with Crippen molar-refractivity contribution < 1.29 is 20.4 Å². The van der Waals surface area contributed by atoms with E-state index in [1.54, 1.807) is 7.05 Å².